The topological polar surface area (TPSA) is 32.0 Å². The number of hydrogen-bond donors (Lipinski definition) is 1. The summed E-state index contributed by atoms with van der Waals surface area (Å²) in [5, 5.41) is 0. The Balaban J connectivity index is 1.54. The van der Waals surface area contributed by atoms with Crippen molar-refractivity contribution in [1.82, 2.24) is 9.34 Å². The summed E-state index contributed by atoms with van der Waals surface area (Å²) in [6.45, 7) is 6.90. The van der Waals surface area contributed by atoms with E-state index in [1.807, 2.05) is 6.07 Å². The van der Waals surface area contributed by atoms with Gasteiger partial charge in [0, 0.05) is 45.5 Å². The molecule has 3 nitrogen and oxygen atoms in total. The van der Waals surface area contributed by atoms with Crippen LogP contribution in [0, 0.1) is 0 Å². The fourth-order valence-electron chi connectivity index (χ4n) is 4.23. The van der Waals surface area contributed by atoms with Gasteiger partial charge in [0.1, 0.15) is 12.0 Å². The highest BCUT2D eigenvalue weighted by molar-refractivity contribution is 7.69. The molecule has 0 spiro atoms. The second kappa shape index (κ2) is 7.35. The quantitative estimate of drug-likeness (QED) is 0.418. The number of allylic oxidation sites excluding steroid dienone is 2. The van der Waals surface area contributed by atoms with Crippen LogP contribution in [0.3, 0.4) is 0 Å². The number of nitrogen functional groups attached to an aromatic ring is 1. The number of hydrogen-bond acceptors (Lipinski definition) is 3. The van der Waals surface area contributed by atoms with Gasteiger partial charge in [-0.25, -0.2) is 8.78 Å². The van der Waals surface area contributed by atoms with E-state index in [4.69, 9.17) is 5.73 Å². The first-order valence-electron chi connectivity index (χ1n) is 10.0. The third-order valence-corrected chi connectivity index (χ3v) is 10.2. The summed E-state index contributed by atoms with van der Waals surface area (Å²) >= 11 is 0. The van der Waals surface area contributed by atoms with Crippen LogP contribution in [0.1, 0.15) is 43.2 Å². The first kappa shape index (κ1) is 19.2. The lowest BCUT2D eigenvalue weighted by Crippen LogP contribution is -2.15. The molecule has 0 aromatic heterocycles. The third kappa shape index (κ3) is 4.01. The number of nitrogens with zero attached hydrogens (tertiary/aromatic N) is 2. The van der Waals surface area contributed by atoms with Gasteiger partial charge in [0.2, 0.25) is 0 Å². The van der Waals surface area contributed by atoms with E-state index in [9.17, 15) is 8.78 Å². The highest BCUT2D eigenvalue weighted by Crippen LogP contribution is 2.61. The molecule has 2 atom stereocenters. The van der Waals surface area contributed by atoms with E-state index >= 15 is 0 Å². The number of rotatable bonds is 7. The maximum absolute atomic E-state index is 14.2. The van der Waals surface area contributed by atoms with E-state index in [0.29, 0.717) is 36.4 Å². The predicted octanol–water partition coefficient (Wildman–Crippen LogP) is 4.57. The lowest BCUT2D eigenvalue weighted by molar-refractivity contribution is 0.314. The zero-order chi connectivity index (χ0) is 19.2. The van der Waals surface area contributed by atoms with Crippen molar-refractivity contribution in [2.75, 3.05) is 38.1 Å². The Bertz CT molecular complexity index is 783. The van der Waals surface area contributed by atoms with Gasteiger partial charge in [-0.2, -0.15) is 0 Å². The van der Waals surface area contributed by atoms with Crippen LogP contribution in [-0.4, -0.2) is 54.2 Å². The molecular formula is C21H30F2N3P. The van der Waals surface area contributed by atoms with Gasteiger partial charge in [-0.3, -0.25) is 9.34 Å². The minimum Gasteiger partial charge on any atom is -0.398 e. The van der Waals surface area contributed by atoms with Crippen molar-refractivity contribution in [3.8, 4) is 0 Å². The Hall–Kier alpha value is -1.16. The average Bonchev–Trinajstić information content (AvgIpc) is 3.50. The van der Waals surface area contributed by atoms with Crippen molar-refractivity contribution in [1.29, 1.82) is 0 Å². The Kier molecular flexibility index (Phi) is 5.22. The molecule has 27 heavy (non-hydrogen) atoms. The molecule has 6 heteroatoms. The Labute approximate surface area is 161 Å². The fraction of sp³-hybridized carbons (Fsp3) is 0.571. The molecule has 4 rings (SSSR count). The van der Waals surface area contributed by atoms with Crippen molar-refractivity contribution in [2.45, 2.75) is 44.7 Å². The second-order valence-corrected chi connectivity index (χ2v) is 11.5. The van der Waals surface area contributed by atoms with E-state index in [1.165, 1.54) is 31.7 Å². The Morgan fingerprint density at radius 3 is 2.52 bits per heavy atom. The number of anilines is 1. The fourth-order valence-corrected chi connectivity index (χ4v) is 7.80. The molecule has 0 bridgehead atoms. The summed E-state index contributed by atoms with van der Waals surface area (Å²) in [4.78, 5) is 0. The highest BCUT2D eigenvalue weighted by atomic mass is 31.2. The van der Waals surface area contributed by atoms with Crippen LogP contribution in [0.5, 0.6) is 0 Å². The lowest BCUT2D eigenvalue weighted by atomic mass is 9.89. The molecule has 3 aliphatic rings. The van der Waals surface area contributed by atoms with Crippen LogP contribution in [-0.2, 0) is 6.42 Å². The smallest absolute Gasteiger partial charge is 0.124 e. The van der Waals surface area contributed by atoms with Gasteiger partial charge in [0.25, 0.3) is 0 Å². The molecule has 0 radical (unpaired) electrons. The summed E-state index contributed by atoms with van der Waals surface area (Å²) in [5.74, 6) is 0.0695. The van der Waals surface area contributed by atoms with E-state index in [0.717, 1.165) is 11.7 Å². The van der Waals surface area contributed by atoms with Crippen LogP contribution >= 0.6 is 7.19 Å². The average molecular weight is 393 g/mol. The van der Waals surface area contributed by atoms with E-state index in [2.05, 4.69) is 34.7 Å². The van der Waals surface area contributed by atoms with Crippen molar-refractivity contribution >= 4 is 19.2 Å². The summed E-state index contributed by atoms with van der Waals surface area (Å²) < 4.78 is 33.5. The van der Waals surface area contributed by atoms with Crippen molar-refractivity contribution in [2.24, 2.45) is 0 Å². The molecule has 0 amide bonds. The van der Waals surface area contributed by atoms with Crippen LogP contribution in [0.25, 0.3) is 0 Å². The largest absolute Gasteiger partial charge is 0.398 e. The molecule has 1 aromatic carbocycles. The highest BCUT2D eigenvalue weighted by Gasteiger charge is 2.42. The summed E-state index contributed by atoms with van der Waals surface area (Å²) in [5.41, 5.74) is 9.12. The van der Waals surface area contributed by atoms with Gasteiger partial charge >= 0.3 is 0 Å². The first-order chi connectivity index (χ1) is 12.9. The van der Waals surface area contributed by atoms with Gasteiger partial charge < -0.3 is 5.73 Å². The SMILES string of the molecule is C=P(CC(C)c1ccc(N)c(CC2=C(F)CCCC2F)c1)(N1CC1)N1CC1. The van der Waals surface area contributed by atoms with Gasteiger partial charge in [-0.05, 0) is 54.1 Å². The third-order valence-electron chi connectivity index (χ3n) is 6.16. The maximum Gasteiger partial charge on any atom is 0.124 e. The van der Waals surface area contributed by atoms with Crippen LogP contribution in [0.4, 0.5) is 14.5 Å². The number of benzene rings is 1. The molecule has 148 valence electrons. The number of alkyl halides is 1. The zero-order valence-electron chi connectivity index (χ0n) is 16.1. The minimum absolute atomic E-state index is 0.280. The van der Waals surface area contributed by atoms with E-state index < -0.39 is 13.4 Å². The molecule has 2 aliphatic heterocycles. The van der Waals surface area contributed by atoms with Crippen LogP contribution in [0.2, 0.25) is 0 Å². The van der Waals surface area contributed by atoms with E-state index in [-0.39, 0.29) is 12.2 Å². The molecule has 2 heterocycles. The minimum atomic E-state index is -1.44. The second-order valence-electron chi connectivity index (χ2n) is 8.29. The van der Waals surface area contributed by atoms with Crippen molar-refractivity contribution in [3.05, 3.63) is 40.7 Å². The van der Waals surface area contributed by atoms with E-state index in [1.54, 1.807) is 0 Å². The molecule has 2 fully saturated rings. The molecule has 2 N–H and O–H groups in total. The van der Waals surface area contributed by atoms with Crippen molar-refractivity contribution < 1.29 is 8.78 Å². The van der Waals surface area contributed by atoms with Crippen molar-refractivity contribution in [3.63, 3.8) is 0 Å². The summed E-state index contributed by atoms with van der Waals surface area (Å²) in [6.07, 6.45) is 6.16. The Morgan fingerprint density at radius 2 is 1.93 bits per heavy atom. The van der Waals surface area contributed by atoms with Gasteiger partial charge in [-0.1, -0.05) is 25.4 Å². The normalized spacial score (nSPS) is 24.9. The van der Waals surface area contributed by atoms with Gasteiger partial charge in [-0.15, -0.1) is 0 Å². The molecule has 2 saturated heterocycles. The molecule has 1 aliphatic carbocycles. The first-order valence-corrected chi connectivity index (χ1v) is 12.1. The van der Waals surface area contributed by atoms with Gasteiger partial charge in [0.05, 0.1) is 0 Å². The standard InChI is InChI=1S/C21H30F2N3P/c1-15(14-27(2,25-8-9-25)26-10-11-26)16-6-7-21(24)17(12-16)13-18-19(22)4-3-5-20(18)23/h6-7,12,15,19H,2-5,8-11,13-14,24H2,1H3. The predicted molar refractivity (Wildman–Crippen MR) is 112 cm³/mol. The number of nitrogens with two attached hydrogens (primary N) is 1. The van der Waals surface area contributed by atoms with Crippen LogP contribution < -0.4 is 5.73 Å². The van der Waals surface area contributed by atoms with Crippen LogP contribution in [0.15, 0.2) is 29.6 Å². The molecule has 1 aromatic rings. The zero-order valence-corrected chi connectivity index (χ0v) is 17.0. The Morgan fingerprint density at radius 1 is 1.26 bits per heavy atom. The number of halogens is 2. The summed E-state index contributed by atoms with van der Waals surface area (Å²) in [6, 6.07) is 6.03. The lowest BCUT2D eigenvalue weighted by Gasteiger charge is -2.30. The molecular weight excluding hydrogens is 363 g/mol. The van der Waals surface area contributed by atoms with Gasteiger partial charge in [0.15, 0.2) is 0 Å². The maximum atomic E-state index is 14.2. The molecule has 0 saturated carbocycles. The monoisotopic (exact) mass is 393 g/mol. The molecule has 2 unspecified atom stereocenters. The summed E-state index contributed by atoms with van der Waals surface area (Å²) in [7, 11) is -1.44.